The minimum Gasteiger partial charge on any atom is -0.129 e. The Morgan fingerprint density at radius 1 is 1.78 bits per heavy atom. The Bertz CT molecular complexity index is 225. The van der Waals surface area contributed by atoms with E-state index in [1.54, 1.807) is 11.3 Å². The van der Waals surface area contributed by atoms with Gasteiger partial charge in [0.25, 0.3) is 0 Å². The molecule has 2 heteroatoms. The predicted molar refractivity (Wildman–Crippen MR) is 46.8 cm³/mol. The smallest absolute Gasteiger partial charge is 0.0707 e. The lowest BCUT2D eigenvalue weighted by atomic mass is 10.3. The second kappa shape index (κ2) is 2.67. The van der Waals surface area contributed by atoms with Gasteiger partial charge >= 0.3 is 0 Å². The average molecular weight is 203 g/mol. The van der Waals surface area contributed by atoms with E-state index < -0.39 is 0 Å². The Morgan fingerprint density at radius 2 is 2.44 bits per heavy atom. The minimum atomic E-state index is 1.18. The highest BCUT2D eigenvalue weighted by atomic mass is 79.9. The van der Waals surface area contributed by atoms with Gasteiger partial charge in [-0.05, 0) is 34.5 Å². The first-order chi connectivity index (χ1) is 4.24. The predicted octanol–water partition coefficient (Wildman–Crippen LogP) is 3.46. The van der Waals surface area contributed by atoms with E-state index in [2.05, 4.69) is 35.5 Å². The maximum absolute atomic E-state index is 3.69. The van der Waals surface area contributed by atoms with Crippen molar-refractivity contribution in [2.45, 2.75) is 6.92 Å². The normalized spacial score (nSPS) is 9.56. The van der Waals surface area contributed by atoms with Crippen LogP contribution in [-0.2, 0) is 0 Å². The molecule has 1 heterocycles. The van der Waals surface area contributed by atoms with Crippen molar-refractivity contribution in [3.05, 3.63) is 26.9 Å². The summed E-state index contributed by atoms with van der Waals surface area (Å²) in [4.78, 5) is 1.25. The molecule has 0 spiro atoms. The van der Waals surface area contributed by atoms with Gasteiger partial charge in [0, 0.05) is 4.88 Å². The van der Waals surface area contributed by atoms with Gasteiger partial charge in [-0.1, -0.05) is 12.7 Å². The average Bonchev–Trinajstić information content (AvgIpc) is 2.10. The zero-order valence-corrected chi connectivity index (χ0v) is 7.55. The second-order valence-corrected chi connectivity index (χ2v) is 4.26. The fourth-order valence-corrected chi connectivity index (χ4v) is 2.27. The van der Waals surface area contributed by atoms with Crippen molar-refractivity contribution in [3.63, 3.8) is 0 Å². The van der Waals surface area contributed by atoms with Crippen LogP contribution in [-0.4, -0.2) is 0 Å². The Balaban J connectivity index is 3.15. The lowest BCUT2D eigenvalue weighted by Crippen LogP contribution is -1.62. The van der Waals surface area contributed by atoms with Gasteiger partial charge in [-0.2, -0.15) is 0 Å². The van der Waals surface area contributed by atoms with E-state index in [0.717, 1.165) is 0 Å². The molecule has 0 atom stereocenters. The summed E-state index contributed by atoms with van der Waals surface area (Å²) in [5.74, 6) is 0. The maximum atomic E-state index is 3.69. The van der Waals surface area contributed by atoms with Gasteiger partial charge in [0.05, 0.1) is 3.79 Å². The van der Waals surface area contributed by atoms with Gasteiger partial charge in [0.1, 0.15) is 0 Å². The summed E-state index contributed by atoms with van der Waals surface area (Å²) in [6, 6.07) is 2.10. The molecule has 0 aliphatic rings. The third-order valence-corrected chi connectivity index (χ3v) is 2.85. The highest BCUT2D eigenvalue weighted by molar-refractivity contribution is 9.11. The van der Waals surface area contributed by atoms with Gasteiger partial charge in [0.2, 0.25) is 0 Å². The molecule has 0 radical (unpaired) electrons. The monoisotopic (exact) mass is 202 g/mol. The van der Waals surface area contributed by atoms with E-state index >= 15 is 0 Å². The second-order valence-electron chi connectivity index (χ2n) is 1.80. The zero-order chi connectivity index (χ0) is 6.85. The quantitative estimate of drug-likeness (QED) is 0.655. The molecule has 0 aliphatic heterocycles. The van der Waals surface area contributed by atoms with Gasteiger partial charge in [-0.25, -0.2) is 0 Å². The SMILES string of the molecule is C=Cc1sc(Br)cc1C. The minimum absolute atomic E-state index is 1.18. The van der Waals surface area contributed by atoms with Gasteiger partial charge in [0.15, 0.2) is 0 Å². The summed E-state index contributed by atoms with van der Waals surface area (Å²) in [6.45, 7) is 5.78. The van der Waals surface area contributed by atoms with Crippen LogP contribution in [0.3, 0.4) is 0 Å². The number of hydrogen-bond donors (Lipinski definition) is 0. The highest BCUT2D eigenvalue weighted by Gasteiger charge is 1.97. The molecule has 1 aromatic rings. The Morgan fingerprint density at radius 3 is 2.67 bits per heavy atom. The van der Waals surface area contributed by atoms with E-state index in [4.69, 9.17) is 0 Å². The summed E-state index contributed by atoms with van der Waals surface area (Å²) in [7, 11) is 0. The van der Waals surface area contributed by atoms with Crippen LogP contribution in [0, 0.1) is 6.92 Å². The molecule has 0 nitrogen and oxygen atoms in total. The third kappa shape index (κ3) is 1.43. The first-order valence-corrected chi connectivity index (χ1v) is 4.23. The summed E-state index contributed by atoms with van der Waals surface area (Å²) < 4.78 is 1.18. The third-order valence-electron chi connectivity index (χ3n) is 1.11. The molecule has 0 N–H and O–H groups in total. The van der Waals surface area contributed by atoms with E-state index in [1.807, 2.05) is 6.08 Å². The molecular weight excluding hydrogens is 196 g/mol. The standard InChI is InChI=1S/C7H7BrS/c1-3-6-5(2)4-7(8)9-6/h3-4H,1H2,2H3. The maximum Gasteiger partial charge on any atom is 0.0707 e. The fraction of sp³-hybridized carbons (Fsp3) is 0.143. The van der Waals surface area contributed by atoms with Crippen molar-refractivity contribution in [2.75, 3.05) is 0 Å². The molecule has 1 rings (SSSR count). The van der Waals surface area contributed by atoms with E-state index in [9.17, 15) is 0 Å². The largest absolute Gasteiger partial charge is 0.129 e. The van der Waals surface area contributed by atoms with Gasteiger partial charge < -0.3 is 0 Å². The van der Waals surface area contributed by atoms with Crippen LogP contribution >= 0.6 is 27.3 Å². The Labute approximate surface area is 67.3 Å². The summed E-state index contributed by atoms with van der Waals surface area (Å²) in [5, 5.41) is 0. The van der Waals surface area contributed by atoms with Crippen molar-refractivity contribution in [2.24, 2.45) is 0 Å². The molecule has 0 amide bonds. The summed E-state index contributed by atoms with van der Waals surface area (Å²) in [5.41, 5.74) is 1.29. The molecule has 0 aliphatic carbocycles. The molecular formula is C7H7BrS. The fourth-order valence-electron chi connectivity index (χ4n) is 0.659. The first kappa shape index (κ1) is 7.03. The van der Waals surface area contributed by atoms with Gasteiger partial charge in [-0.15, -0.1) is 11.3 Å². The van der Waals surface area contributed by atoms with Crippen molar-refractivity contribution < 1.29 is 0 Å². The van der Waals surface area contributed by atoms with Crippen LogP contribution < -0.4 is 0 Å². The van der Waals surface area contributed by atoms with Crippen LogP contribution in [0.4, 0.5) is 0 Å². The van der Waals surface area contributed by atoms with Crippen LogP contribution in [0.5, 0.6) is 0 Å². The van der Waals surface area contributed by atoms with Crippen molar-refractivity contribution in [1.29, 1.82) is 0 Å². The first-order valence-electron chi connectivity index (χ1n) is 2.62. The zero-order valence-electron chi connectivity index (χ0n) is 5.15. The lowest BCUT2D eigenvalue weighted by Gasteiger charge is -1.82. The highest BCUT2D eigenvalue weighted by Crippen LogP contribution is 2.26. The molecule has 0 bridgehead atoms. The van der Waals surface area contributed by atoms with Crippen LogP contribution in [0.1, 0.15) is 10.4 Å². The van der Waals surface area contributed by atoms with E-state index in [1.165, 1.54) is 14.2 Å². The van der Waals surface area contributed by atoms with Crippen LogP contribution in [0.2, 0.25) is 0 Å². The topological polar surface area (TPSA) is 0 Å². The van der Waals surface area contributed by atoms with E-state index in [0.29, 0.717) is 0 Å². The Hall–Kier alpha value is -0.0800. The number of hydrogen-bond acceptors (Lipinski definition) is 1. The van der Waals surface area contributed by atoms with Crippen molar-refractivity contribution in [1.82, 2.24) is 0 Å². The summed E-state index contributed by atoms with van der Waals surface area (Å²) in [6.07, 6.45) is 1.88. The molecule has 0 saturated heterocycles. The molecule has 0 fully saturated rings. The lowest BCUT2D eigenvalue weighted by molar-refractivity contribution is 1.53. The molecule has 1 aromatic heterocycles. The molecule has 48 valence electrons. The van der Waals surface area contributed by atoms with Crippen LogP contribution in [0.15, 0.2) is 16.4 Å². The molecule has 0 saturated carbocycles. The number of thiophene rings is 1. The van der Waals surface area contributed by atoms with Crippen molar-refractivity contribution in [3.8, 4) is 0 Å². The Kier molecular flexibility index (Phi) is 2.09. The van der Waals surface area contributed by atoms with Crippen LogP contribution in [0.25, 0.3) is 6.08 Å². The van der Waals surface area contributed by atoms with E-state index in [-0.39, 0.29) is 0 Å². The van der Waals surface area contributed by atoms with Crippen molar-refractivity contribution >= 4 is 33.3 Å². The summed E-state index contributed by atoms with van der Waals surface area (Å²) >= 11 is 5.11. The number of halogens is 1. The number of aryl methyl sites for hydroxylation is 1. The molecule has 0 unspecified atom stereocenters. The van der Waals surface area contributed by atoms with Gasteiger partial charge in [-0.3, -0.25) is 0 Å². The molecule has 0 aromatic carbocycles. The molecule has 9 heavy (non-hydrogen) atoms. The number of rotatable bonds is 1.